The van der Waals surface area contributed by atoms with Gasteiger partial charge < -0.3 is 0 Å². The Morgan fingerprint density at radius 1 is 0.476 bits per heavy atom. The van der Waals surface area contributed by atoms with Crippen molar-refractivity contribution in [1.82, 2.24) is 0 Å². The number of hydrogen-bond acceptors (Lipinski definition) is 0. The first-order valence-electron chi connectivity index (χ1n) is 9.95. The van der Waals surface area contributed by atoms with Crippen molar-refractivity contribution in [2.45, 2.75) is 129 Å². The summed E-state index contributed by atoms with van der Waals surface area (Å²) in [6.45, 7) is 4.50. The van der Waals surface area contributed by atoms with E-state index in [0.29, 0.717) is 0 Å². The minimum Gasteiger partial charge on any atom is -0.247 e. The van der Waals surface area contributed by atoms with Crippen molar-refractivity contribution in [3.8, 4) is 0 Å². The zero-order chi connectivity index (χ0) is 15.6. The van der Waals surface area contributed by atoms with E-state index in [1.165, 1.54) is 83.5 Å². The van der Waals surface area contributed by atoms with E-state index in [-0.39, 0.29) is 0 Å². The average Bonchev–Trinajstić information content (AvgIpc) is 2.49. The largest absolute Gasteiger partial charge is 0.247 e. The van der Waals surface area contributed by atoms with E-state index in [0.717, 1.165) is 25.7 Å². The quantitative estimate of drug-likeness (QED) is 0.239. The van der Waals surface area contributed by atoms with Crippen LogP contribution >= 0.6 is 0 Å². The smallest absolute Gasteiger partial charge is 0.100 e. The number of hydrogen-bond donors (Lipinski definition) is 0. The predicted molar refractivity (Wildman–Crippen MR) is 94.7 cm³/mol. The number of halogens is 1. The fourth-order valence-electron chi connectivity index (χ4n) is 2.97. The van der Waals surface area contributed by atoms with Crippen LogP contribution < -0.4 is 0 Å². The zero-order valence-corrected chi connectivity index (χ0v) is 15.0. The first-order valence-corrected chi connectivity index (χ1v) is 9.95. The maximum absolute atomic E-state index is 13.7. The highest BCUT2D eigenvalue weighted by Crippen LogP contribution is 2.16. The van der Waals surface area contributed by atoms with Crippen LogP contribution in [0.1, 0.15) is 123 Å². The third-order valence-corrected chi connectivity index (χ3v) is 4.49. The van der Waals surface area contributed by atoms with Gasteiger partial charge in [0.05, 0.1) is 0 Å². The van der Waals surface area contributed by atoms with Crippen LogP contribution in [0.25, 0.3) is 0 Å². The molecule has 0 aromatic heterocycles. The van der Waals surface area contributed by atoms with Crippen molar-refractivity contribution >= 4 is 0 Å². The van der Waals surface area contributed by atoms with Gasteiger partial charge in [-0.25, -0.2) is 4.39 Å². The van der Waals surface area contributed by atoms with Crippen molar-refractivity contribution in [2.24, 2.45) is 0 Å². The van der Waals surface area contributed by atoms with Crippen LogP contribution in [-0.2, 0) is 0 Å². The van der Waals surface area contributed by atoms with E-state index >= 15 is 0 Å². The summed E-state index contributed by atoms with van der Waals surface area (Å²) in [6, 6.07) is 0. The van der Waals surface area contributed by atoms with Gasteiger partial charge in [0.1, 0.15) is 6.17 Å². The summed E-state index contributed by atoms with van der Waals surface area (Å²) in [5, 5.41) is 0. The fraction of sp³-hybridized carbons (Fsp3) is 1.00. The normalized spacial score (nSPS) is 12.7. The Kier molecular flexibility index (Phi) is 17.9. The van der Waals surface area contributed by atoms with Gasteiger partial charge in [-0.2, -0.15) is 0 Å². The molecule has 0 nitrogen and oxygen atoms in total. The summed E-state index contributed by atoms with van der Waals surface area (Å²) >= 11 is 0. The van der Waals surface area contributed by atoms with Crippen LogP contribution in [0.15, 0.2) is 0 Å². The molecule has 1 heteroatoms. The predicted octanol–water partition coefficient (Wildman–Crippen LogP) is 8.00. The third kappa shape index (κ3) is 17.9. The summed E-state index contributed by atoms with van der Waals surface area (Å²) in [7, 11) is 0. The lowest BCUT2D eigenvalue weighted by molar-refractivity contribution is 0.279. The van der Waals surface area contributed by atoms with E-state index in [1.54, 1.807) is 0 Å². The van der Waals surface area contributed by atoms with E-state index in [9.17, 15) is 4.39 Å². The highest BCUT2D eigenvalue weighted by molar-refractivity contribution is 4.58. The molecule has 0 heterocycles. The molecule has 0 saturated carbocycles. The van der Waals surface area contributed by atoms with Gasteiger partial charge in [0, 0.05) is 0 Å². The number of alkyl halides is 1. The maximum Gasteiger partial charge on any atom is 0.100 e. The lowest BCUT2D eigenvalue weighted by Gasteiger charge is -2.08. The first-order chi connectivity index (χ1) is 10.3. The molecule has 0 amide bonds. The van der Waals surface area contributed by atoms with Gasteiger partial charge in [0.15, 0.2) is 0 Å². The Morgan fingerprint density at radius 3 is 1.10 bits per heavy atom. The molecule has 1 atom stereocenters. The third-order valence-electron chi connectivity index (χ3n) is 4.49. The lowest BCUT2D eigenvalue weighted by Crippen LogP contribution is -2.00. The molecule has 0 aliphatic carbocycles. The monoisotopic (exact) mass is 300 g/mol. The number of unbranched alkanes of at least 4 members (excludes halogenated alkanes) is 13. The highest BCUT2D eigenvalue weighted by Gasteiger charge is 2.05. The van der Waals surface area contributed by atoms with Crippen molar-refractivity contribution in [3.05, 3.63) is 0 Å². The highest BCUT2D eigenvalue weighted by atomic mass is 19.1. The van der Waals surface area contributed by atoms with Gasteiger partial charge in [-0.15, -0.1) is 0 Å². The molecule has 0 aliphatic rings. The summed E-state index contributed by atoms with van der Waals surface area (Å²) < 4.78 is 13.7. The van der Waals surface area contributed by atoms with Gasteiger partial charge >= 0.3 is 0 Å². The Morgan fingerprint density at radius 2 is 0.762 bits per heavy atom. The molecule has 0 aliphatic heterocycles. The molecule has 128 valence electrons. The van der Waals surface area contributed by atoms with E-state index in [1.807, 2.05) is 0 Å². The van der Waals surface area contributed by atoms with Gasteiger partial charge in [-0.1, -0.05) is 110 Å². The van der Waals surface area contributed by atoms with Gasteiger partial charge in [-0.05, 0) is 12.8 Å². The summed E-state index contributed by atoms with van der Waals surface area (Å²) in [5.41, 5.74) is 0. The Balaban J connectivity index is 3.10. The number of rotatable bonds is 17. The Labute approximate surface area is 134 Å². The molecule has 1 unspecified atom stereocenters. The van der Waals surface area contributed by atoms with E-state index in [2.05, 4.69) is 13.8 Å². The molecule has 0 radical (unpaired) electrons. The molecule has 0 spiro atoms. The maximum atomic E-state index is 13.7. The second-order valence-electron chi connectivity index (χ2n) is 6.77. The van der Waals surface area contributed by atoms with Crippen LogP contribution in [0.2, 0.25) is 0 Å². The molecule has 0 saturated heterocycles. The minimum atomic E-state index is -0.527. The van der Waals surface area contributed by atoms with E-state index < -0.39 is 6.17 Å². The molecular formula is C20H41F. The molecule has 0 aromatic rings. The van der Waals surface area contributed by atoms with Gasteiger partial charge in [0.25, 0.3) is 0 Å². The van der Waals surface area contributed by atoms with Crippen LogP contribution in [0.3, 0.4) is 0 Å². The molecule has 0 N–H and O–H groups in total. The molecule has 0 rings (SSSR count). The molecule has 21 heavy (non-hydrogen) atoms. The minimum absolute atomic E-state index is 0.527. The van der Waals surface area contributed by atoms with Gasteiger partial charge in [0.2, 0.25) is 0 Å². The fourth-order valence-corrected chi connectivity index (χ4v) is 2.97. The van der Waals surface area contributed by atoms with Crippen molar-refractivity contribution < 1.29 is 4.39 Å². The van der Waals surface area contributed by atoms with Crippen LogP contribution in [0, 0.1) is 0 Å². The van der Waals surface area contributed by atoms with Crippen molar-refractivity contribution in [2.75, 3.05) is 0 Å². The SMILES string of the molecule is CCCCCCCCCCCC(F)CCCCCCCC. The zero-order valence-electron chi connectivity index (χ0n) is 15.0. The van der Waals surface area contributed by atoms with Crippen molar-refractivity contribution in [1.29, 1.82) is 0 Å². The molecule has 0 bridgehead atoms. The molecule has 0 aromatic carbocycles. The van der Waals surface area contributed by atoms with Crippen LogP contribution in [0.4, 0.5) is 4.39 Å². The Hall–Kier alpha value is -0.0700. The topological polar surface area (TPSA) is 0 Å². The van der Waals surface area contributed by atoms with Crippen LogP contribution in [-0.4, -0.2) is 6.17 Å². The second kappa shape index (κ2) is 18.0. The second-order valence-corrected chi connectivity index (χ2v) is 6.77. The summed E-state index contributed by atoms with van der Waals surface area (Å²) in [6.07, 6.45) is 20.6. The Bertz CT molecular complexity index is 179. The lowest BCUT2D eigenvalue weighted by atomic mass is 10.0. The standard InChI is InChI=1S/C20H41F/c1-3-5-7-9-11-12-13-15-17-19-20(21)18-16-14-10-8-6-4-2/h20H,3-19H2,1-2H3. The molecule has 0 fully saturated rings. The van der Waals surface area contributed by atoms with Crippen molar-refractivity contribution in [3.63, 3.8) is 0 Å². The molecular weight excluding hydrogens is 259 g/mol. The van der Waals surface area contributed by atoms with Gasteiger partial charge in [-0.3, -0.25) is 0 Å². The van der Waals surface area contributed by atoms with Crippen LogP contribution in [0.5, 0.6) is 0 Å². The van der Waals surface area contributed by atoms with E-state index in [4.69, 9.17) is 0 Å². The summed E-state index contributed by atoms with van der Waals surface area (Å²) in [4.78, 5) is 0. The summed E-state index contributed by atoms with van der Waals surface area (Å²) in [5.74, 6) is 0. The first kappa shape index (κ1) is 20.9. The average molecular weight is 301 g/mol.